The van der Waals surface area contributed by atoms with Gasteiger partial charge in [0, 0.05) is 16.2 Å². The Morgan fingerprint density at radius 3 is 1.21 bits per heavy atom. The summed E-state index contributed by atoms with van der Waals surface area (Å²) in [5, 5.41) is 19.7. The van der Waals surface area contributed by atoms with Crippen LogP contribution < -0.4 is 0 Å². The number of fused-ring (bicyclic) bond motifs is 11. The van der Waals surface area contributed by atoms with Crippen LogP contribution in [0.2, 0.25) is 0 Å². The second-order valence-electron chi connectivity index (χ2n) is 23.3. The predicted octanol–water partition coefficient (Wildman–Crippen LogP) is 25.0. The van der Waals surface area contributed by atoms with Gasteiger partial charge in [-0.05, 0) is 178 Å². The summed E-state index contributed by atoms with van der Waals surface area (Å²) in [6.45, 7) is 0. The molecule has 0 atom stereocenters. The van der Waals surface area contributed by atoms with Crippen molar-refractivity contribution in [2.24, 2.45) is 0 Å². The molecule has 1 nitrogen and oxygen atoms in total. The molecule has 0 fully saturated rings. The predicted molar refractivity (Wildman–Crippen MR) is 381 cm³/mol. The average molecular weight is 1130 g/mol. The number of hydrogen-bond acceptors (Lipinski definition) is 1. The van der Waals surface area contributed by atoms with E-state index in [1.54, 1.807) is 0 Å². The number of furan rings is 1. The van der Waals surface area contributed by atoms with Gasteiger partial charge in [-0.2, -0.15) is 0 Å². The van der Waals surface area contributed by atoms with Crippen molar-refractivity contribution in [3.8, 4) is 77.9 Å². The van der Waals surface area contributed by atoms with Crippen molar-refractivity contribution >= 4 is 97.3 Å². The largest absolute Gasteiger partial charge is 0.455 e. The standard InChI is InChI=1S/C46H30.C42H26O/c1-2-11-31(12-3-1)38-27-28-43-44(30-38)46(40-20-10-16-34-14-6-7-17-39(34)40)42-19-9-8-18-41(42)45(43)35-24-21-33(22-25-35)37-26-23-32-13-4-5-15-36(32)29-37;1-2-12-27(13-3-1)29-15-10-16-30(26-29)39-32-18-6-8-20-34(32)40(35-21-9-7-19-33(35)39)36-22-11-23-38-41(36)37-25-24-28-14-4-5-17-31(28)42(37)43-38/h1-30H;1-26H. The molecule has 0 bridgehead atoms. The third-order valence-electron chi connectivity index (χ3n) is 18.3. The SMILES string of the molecule is c1ccc(-c2ccc3c(-c4ccc(-c5ccc6ccccc6c5)cc4)c4ccccc4c(-c4cccc5ccccc45)c3c2)cc1.c1ccc(-c2cccc(-c3c4ccccc4c(-c4cccc5oc6c7ccccc7ccc6c45)c4ccccc34)c2)cc1. The van der Waals surface area contributed by atoms with Crippen LogP contribution in [-0.2, 0) is 0 Å². The number of rotatable bonds is 7. The minimum absolute atomic E-state index is 0.914. The maximum atomic E-state index is 6.60. The van der Waals surface area contributed by atoms with E-state index in [4.69, 9.17) is 4.42 Å². The molecule has 1 aromatic heterocycles. The van der Waals surface area contributed by atoms with Gasteiger partial charge < -0.3 is 4.42 Å². The Hall–Kier alpha value is -11.6. The van der Waals surface area contributed by atoms with E-state index in [2.05, 4.69) is 340 Å². The van der Waals surface area contributed by atoms with Crippen LogP contribution in [0.5, 0.6) is 0 Å². The lowest BCUT2D eigenvalue weighted by atomic mass is 9.83. The fraction of sp³-hybridized carbons (Fsp3) is 0. The summed E-state index contributed by atoms with van der Waals surface area (Å²) < 4.78 is 6.60. The summed E-state index contributed by atoms with van der Waals surface area (Å²) in [7, 11) is 0. The molecule has 0 N–H and O–H groups in total. The molecule has 1 heteroatoms. The molecule has 0 saturated carbocycles. The van der Waals surface area contributed by atoms with E-state index in [0.29, 0.717) is 0 Å². The average Bonchev–Trinajstić information content (AvgIpc) is 1.71. The molecule has 89 heavy (non-hydrogen) atoms. The molecule has 0 amide bonds. The molecule has 1 heterocycles. The van der Waals surface area contributed by atoms with Gasteiger partial charge in [0.2, 0.25) is 0 Å². The molecule has 414 valence electrons. The highest BCUT2D eigenvalue weighted by Gasteiger charge is 2.23. The molecule has 0 aliphatic rings. The van der Waals surface area contributed by atoms with E-state index < -0.39 is 0 Å². The normalized spacial score (nSPS) is 11.6. The van der Waals surface area contributed by atoms with Crippen LogP contribution in [-0.4, -0.2) is 0 Å². The second kappa shape index (κ2) is 21.7. The van der Waals surface area contributed by atoms with E-state index in [9.17, 15) is 0 Å². The fourth-order valence-electron chi connectivity index (χ4n) is 14.2. The summed E-state index contributed by atoms with van der Waals surface area (Å²) in [5.41, 5.74) is 19.2. The van der Waals surface area contributed by atoms with Gasteiger partial charge in [-0.1, -0.05) is 309 Å². The molecular weight excluding hydrogens is 1070 g/mol. The van der Waals surface area contributed by atoms with Gasteiger partial charge >= 0.3 is 0 Å². The summed E-state index contributed by atoms with van der Waals surface area (Å²) in [4.78, 5) is 0. The maximum absolute atomic E-state index is 6.60. The Morgan fingerprint density at radius 2 is 0.551 bits per heavy atom. The topological polar surface area (TPSA) is 13.1 Å². The van der Waals surface area contributed by atoms with Crippen molar-refractivity contribution in [3.63, 3.8) is 0 Å². The van der Waals surface area contributed by atoms with E-state index >= 15 is 0 Å². The highest BCUT2D eigenvalue weighted by atomic mass is 16.3. The molecule has 0 saturated heterocycles. The zero-order valence-corrected chi connectivity index (χ0v) is 48.7. The second-order valence-corrected chi connectivity index (χ2v) is 23.3. The van der Waals surface area contributed by atoms with Crippen molar-refractivity contribution in [2.45, 2.75) is 0 Å². The van der Waals surface area contributed by atoms with Crippen LogP contribution in [0, 0.1) is 0 Å². The monoisotopic (exact) mass is 1130 g/mol. The van der Waals surface area contributed by atoms with Crippen molar-refractivity contribution in [1.82, 2.24) is 0 Å². The lowest BCUT2D eigenvalue weighted by molar-refractivity contribution is 0.673. The molecule has 0 unspecified atom stereocenters. The Morgan fingerprint density at radius 1 is 0.169 bits per heavy atom. The molecule has 18 rings (SSSR count). The van der Waals surface area contributed by atoms with Crippen LogP contribution in [0.15, 0.2) is 344 Å². The van der Waals surface area contributed by atoms with Gasteiger partial charge in [-0.3, -0.25) is 0 Å². The van der Waals surface area contributed by atoms with Gasteiger partial charge in [0.05, 0.1) is 0 Å². The summed E-state index contributed by atoms with van der Waals surface area (Å²) in [5.74, 6) is 0. The van der Waals surface area contributed by atoms with Crippen LogP contribution in [0.25, 0.3) is 175 Å². The number of benzene rings is 17. The number of hydrogen-bond donors (Lipinski definition) is 0. The minimum atomic E-state index is 0.914. The third-order valence-corrected chi connectivity index (χ3v) is 18.3. The van der Waals surface area contributed by atoms with Gasteiger partial charge in [0.15, 0.2) is 0 Å². The molecular formula is C88H56O. The van der Waals surface area contributed by atoms with E-state index in [0.717, 1.165) is 27.3 Å². The first-order valence-electron chi connectivity index (χ1n) is 30.7. The minimum Gasteiger partial charge on any atom is -0.455 e. The zero-order chi connectivity index (χ0) is 58.8. The third kappa shape index (κ3) is 8.94. The van der Waals surface area contributed by atoms with Crippen LogP contribution in [0.4, 0.5) is 0 Å². The molecule has 0 aliphatic carbocycles. The van der Waals surface area contributed by atoms with Crippen LogP contribution in [0.3, 0.4) is 0 Å². The first kappa shape index (κ1) is 51.8. The summed E-state index contributed by atoms with van der Waals surface area (Å²) in [6, 6.07) is 123. The lowest BCUT2D eigenvalue weighted by Crippen LogP contribution is -1.92. The molecule has 0 spiro atoms. The van der Waals surface area contributed by atoms with Crippen molar-refractivity contribution in [2.75, 3.05) is 0 Å². The molecule has 0 aliphatic heterocycles. The molecule has 0 radical (unpaired) electrons. The molecule has 17 aromatic carbocycles. The van der Waals surface area contributed by atoms with E-state index in [1.807, 2.05) is 0 Å². The zero-order valence-electron chi connectivity index (χ0n) is 48.7. The quantitative estimate of drug-likeness (QED) is 0.145. The van der Waals surface area contributed by atoms with Crippen molar-refractivity contribution in [1.29, 1.82) is 0 Å². The van der Waals surface area contributed by atoms with Crippen molar-refractivity contribution in [3.05, 3.63) is 340 Å². The van der Waals surface area contributed by atoms with Gasteiger partial charge in [0.25, 0.3) is 0 Å². The highest BCUT2D eigenvalue weighted by Crippen LogP contribution is 2.50. The van der Waals surface area contributed by atoms with Crippen LogP contribution in [0.1, 0.15) is 0 Å². The fourth-order valence-corrected chi connectivity index (χ4v) is 14.2. The summed E-state index contributed by atoms with van der Waals surface area (Å²) >= 11 is 0. The Bertz CT molecular complexity index is 5710. The first-order chi connectivity index (χ1) is 44.2. The summed E-state index contributed by atoms with van der Waals surface area (Å²) in [6.07, 6.45) is 0. The van der Waals surface area contributed by atoms with E-state index in [1.165, 1.54) is 148 Å². The Kier molecular flexibility index (Phi) is 12.6. The Balaban J connectivity index is 0.000000138. The van der Waals surface area contributed by atoms with Gasteiger partial charge in [0.1, 0.15) is 11.2 Å². The maximum Gasteiger partial charge on any atom is 0.143 e. The van der Waals surface area contributed by atoms with Gasteiger partial charge in [-0.15, -0.1) is 0 Å². The molecule has 18 aromatic rings. The van der Waals surface area contributed by atoms with Crippen molar-refractivity contribution < 1.29 is 4.42 Å². The van der Waals surface area contributed by atoms with Gasteiger partial charge in [-0.25, -0.2) is 0 Å². The lowest BCUT2D eigenvalue weighted by Gasteiger charge is -2.20. The highest BCUT2D eigenvalue weighted by molar-refractivity contribution is 6.28. The first-order valence-corrected chi connectivity index (χ1v) is 30.7. The smallest absolute Gasteiger partial charge is 0.143 e. The Labute approximate surface area is 516 Å². The van der Waals surface area contributed by atoms with Crippen LogP contribution >= 0.6 is 0 Å². The van der Waals surface area contributed by atoms with E-state index in [-0.39, 0.29) is 0 Å².